The van der Waals surface area contributed by atoms with Crippen LogP contribution in [0.5, 0.6) is 11.5 Å². The van der Waals surface area contributed by atoms with E-state index in [2.05, 4.69) is 22.0 Å². The summed E-state index contributed by atoms with van der Waals surface area (Å²) in [5.41, 5.74) is 10.6. The number of ether oxygens (including phenoxy) is 2. The van der Waals surface area contributed by atoms with Gasteiger partial charge in [-0.1, -0.05) is 19.3 Å². The summed E-state index contributed by atoms with van der Waals surface area (Å²) in [5, 5.41) is 4.74. The second-order valence-corrected chi connectivity index (χ2v) is 8.62. The maximum absolute atomic E-state index is 6.13. The van der Waals surface area contributed by atoms with Crippen molar-refractivity contribution in [3.05, 3.63) is 40.8 Å². The molecule has 2 aliphatic rings. The third-order valence-corrected chi connectivity index (χ3v) is 6.64. The van der Waals surface area contributed by atoms with Crippen LogP contribution in [-0.4, -0.2) is 45.2 Å². The molecule has 0 amide bonds. The van der Waals surface area contributed by atoms with Gasteiger partial charge in [0.1, 0.15) is 0 Å². The number of nitrogen functional groups attached to an aromatic ring is 1. The molecule has 0 saturated heterocycles. The van der Waals surface area contributed by atoms with Crippen molar-refractivity contribution in [3.8, 4) is 11.5 Å². The molecule has 0 atom stereocenters. The molecule has 0 radical (unpaired) electrons. The second-order valence-electron chi connectivity index (χ2n) is 8.62. The van der Waals surface area contributed by atoms with Crippen LogP contribution in [0.3, 0.4) is 0 Å². The fourth-order valence-corrected chi connectivity index (χ4v) is 4.91. The molecule has 31 heavy (non-hydrogen) atoms. The fourth-order valence-electron chi connectivity index (χ4n) is 4.91. The number of fused-ring (bicyclic) bond motifs is 2. The van der Waals surface area contributed by atoms with E-state index in [9.17, 15) is 0 Å². The first-order chi connectivity index (χ1) is 15.2. The van der Waals surface area contributed by atoms with Crippen LogP contribution in [0.1, 0.15) is 60.5 Å². The Bertz CT molecular complexity index is 1090. The standard InChI is InChI=1S/C23H30N6O2/c1-30-19-10-16-8-9-28(13-17(16)11-20(19)31-2)14-18-12-25-23(24)29-22(18)26-21(27-29)15-6-4-3-5-7-15/h10-12,15H,3-9,13-14H2,1-2H3,(H2,24,25). The Balaban J connectivity index is 1.41. The molecule has 3 aromatic rings. The summed E-state index contributed by atoms with van der Waals surface area (Å²) in [7, 11) is 3.36. The van der Waals surface area contributed by atoms with Crippen LogP contribution < -0.4 is 15.2 Å². The largest absolute Gasteiger partial charge is 0.493 e. The van der Waals surface area contributed by atoms with Gasteiger partial charge in [-0.15, -0.1) is 5.10 Å². The molecule has 0 unspecified atom stereocenters. The van der Waals surface area contributed by atoms with Gasteiger partial charge in [-0.2, -0.15) is 4.52 Å². The van der Waals surface area contributed by atoms with Crippen LogP contribution in [0, 0.1) is 0 Å². The molecule has 164 valence electrons. The van der Waals surface area contributed by atoms with E-state index in [1.54, 1.807) is 18.7 Å². The van der Waals surface area contributed by atoms with Crippen molar-refractivity contribution in [2.75, 3.05) is 26.5 Å². The van der Waals surface area contributed by atoms with Crippen molar-refractivity contribution < 1.29 is 9.47 Å². The Kier molecular flexibility index (Phi) is 5.40. The molecule has 1 aliphatic heterocycles. The molecule has 2 aromatic heterocycles. The van der Waals surface area contributed by atoms with E-state index in [-0.39, 0.29) is 0 Å². The highest BCUT2D eigenvalue weighted by atomic mass is 16.5. The maximum atomic E-state index is 6.13. The average molecular weight is 423 g/mol. The molecule has 1 aliphatic carbocycles. The van der Waals surface area contributed by atoms with Crippen LogP contribution in [-0.2, 0) is 19.5 Å². The molecule has 0 bridgehead atoms. The van der Waals surface area contributed by atoms with Gasteiger partial charge in [0.15, 0.2) is 23.0 Å². The summed E-state index contributed by atoms with van der Waals surface area (Å²) >= 11 is 0. The first-order valence-electron chi connectivity index (χ1n) is 11.1. The molecule has 5 rings (SSSR count). The zero-order valence-electron chi connectivity index (χ0n) is 18.3. The molecule has 8 heteroatoms. The lowest BCUT2D eigenvalue weighted by molar-refractivity contribution is 0.244. The highest BCUT2D eigenvalue weighted by Crippen LogP contribution is 2.34. The van der Waals surface area contributed by atoms with Gasteiger partial charge in [0.25, 0.3) is 0 Å². The molecule has 1 fully saturated rings. The van der Waals surface area contributed by atoms with Gasteiger partial charge in [0, 0.05) is 37.3 Å². The monoisotopic (exact) mass is 422 g/mol. The highest BCUT2D eigenvalue weighted by molar-refractivity contribution is 5.51. The van der Waals surface area contributed by atoms with E-state index in [1.165, 1.54) is 30.4 Å². The Morgan fingerprint density at radius 1 is 1.06 bits per heavy atom. The summed E-state index contributed by atoms with van der Waals surface area (Å²) in [6.45, 7) is 2.56. The van der Waals surface area contributed by atoms with Crippen molar-refractivity contribution in [2.24, 2.45) is 0 Å². The number of benzene rings is 1. The summed E-state index contributed by atoms with van der Waals surface area (Å²) in [6, 6.07) is 4.19. The van der Waals surface area contributed by atoms with Gasteiger partial charge in [0.2, 0.25) is 5.95 Å². The predicted molar refractivity (Wildman–Crippen MR) is 118 cm³/mol. The molecule has 1 saturated carbocycles. The van der Waals surface area contributed by atoms with Crippen LogP contribution in [0.25, 0.3) is 5.65 Å². The molecular formula is C23H30N6O2. The van der Waals surface area contributed by atoms with Gasteiger partial charge in [-0.05, 0) is 42.5 Å². The van der Waals surface area contributed by atoms with Crippen LogP contribution in [0.2, 0.25) is 0 Å². The highest BCUT2D eigenvalue weighted by Gasteiger charge is 2.24. The van der Waals surface area contributed by atoms with Gasteiger partial charge in [-0.25, -0.2) is 9.97 Å². The van der Waals surface area contributed by atoms with E-state index < -0.39 is 0 Å². The summed E-state index contributed by atoms with van der Waals surface area (Å²) in [4.78, 5) is 11.7. The van der Waals surface area contributed by atoms with E-state index in [0.29, 0.717) is 11.9 Å². The van der Waals surface area contributed by atoms with Crippen molar-refractivity contribution in [1.82, 2.24) is 24.5 Å². The number of hydrogen-bond acceptors (Lipinski definition) is 7. The van der Waals surface area contributed by atoms with E-state index in [1.807, 2.05) is 6.20 Å². The fraction of sp³-hybridized carbons (Fsp3) is 0.522. The topological polar surface area (TPSA) is 90.8 Å². The lowest BCUT2D eigenvalue weighted by Gasteiger charge is -2.29. The predicted octanol–water partition coefficient (Wildman–Crippen LogP) is 3.33. The van der Waals surface area contributed by atoms with Crippen molar-refractivity contribution >= 4 is 11.6 Å². The quantitative estimate of drug-likeness (QED) is 0.674. The molecule has 1 aromatic carbocycles. The number of methoxy groups -OCH3 is 2. The summed E-state index contributed by atoms with van der Waals surface area (Å²) in [5.74, 6) is 3.31. The van der Waals surface area contributed by atoms with Gasteiger partial charge in [0.05, 0.1) is 14.2 Å². The molecule has 8 nitrogen and oxygen atoms in total. The SMILES string of the molecule is COc1cc2c(cc1OC)CN(Cc1cnc(N)n3nc(C4CCCCC4)nc13)CC2. The molecule has 0 spiro atoms. The van der Waals surface area contributed by atoms with Crippen LogP contribution in [0.4, 0.5) is 5.95 Å². The van der Waals surface area contributed by atoms with Gasteiger partial charge in [-0.3, -0.25) is 4.90 Å². The molecule has 2 N–H and O–H groups in total. The minimum atomic E-state index is 0.397. The van der Waals surface area contributed by atoms with Crippen LogP contribution in [0.15, 0.2) is 18.3 Å². The Labute approximate surface area is 182 Å². The zero-order chi connectivity index (χ0) is 21.4. The van der Waals surface area contributed by atoms with Crippen molar-refractivity contribution in [2.45, 2.75) is 57.5 Å². The summed E-state index contributed by atoms with van der Waals surface area (Å²) < 4.78 is 12.7. The lowest BCUT2D eigenvalue weighted by atomic mass is 9.89. The van der Waals surface area contributed by atoms with E-state index in [0.717, 1.165) is 67.4 Å². The third-order valence-electron chi connectivity index (χ3n) is 6.64. The Hall–Kier alpha value is -2.87. The smallest absolute Gasteiger partial charge is 0.223 e. The Morgan fingerprint density at radius 2 is 1.81 bits per heavy atom. The minimum Gasteiger partial charge on any atom is -0.493 e. The van der Waals surface area contributed by atoms with E-state index >= 15 is 0 Å². The normalized spacial score (nSPS) is 17.6. The van der Waals surface area contributed by atoms with E-state index in [4.69, 9.17) is 25.3 Å². The number of aromatic nitrogens is 4. The maximum Gasteiger partial charge on any atom is 0.223 e. The van der Waals surface area contributed by atoms with Gasteiger partial charge < -0.3 is 15.2 Å². The Morgan fingerprint density at radius 3 is 2.55 bits per heavy atom. The van der Waals surface area contributed by atoms with Crippen molar-refractivity contribution in [3.63, 3.8) is 0 Å². The lowest BCUT2D eigenvalue weighted by Crippen LogP contribution is -2.30. The number of hydrogen-bond donors (Lipinski definition) is 1. The number of nitrogens with two attached hydrogens (primary N) is 1. The minimum absolute atomic E-state index is 0.397. The number of rotatable bonds is 5. The van der Waals surface area contributed by atoms with Crippen molar-refractivity contribution in [1.29, 1.82) is 0 Å². The molecular weight excluding hydrogens is 392 g/mol. The summed E-state index contributed by atoms with van der Waals surface area (Å²) in [6.07, 6.45) is 8.96. The number of nitrogens with zero attached hydrogens (tertiary/aromatic N) is 5. The van der Waals surface area contributed by atoms with Crippen LogP contribution >= 0.6 is 0 Å². The second kappa shape index (κ2) is 8.34. The first kappa shape index (κ1) is 20.1. The zero-order valence-corrected chi connectivity index (χ0v) is 18.3. The third kappa shape index (κ3) is 3.80. The van der Waals surface area contributed by atoms with Gasteiger partial charge >= 0.3 is 0 Å². The first-order valence-corrected chi connectivity index (χ1v) is 11.1. The number of anilines is 1. The molecule has 3 heterocycles. The average Bonchev–Trinajstić information content (AvgIpc) is 3.27.